The summed E-state index contributed by atoms with van der Waals surface area (Å²) < 4.78 is 1.81. The van der Waals surface area contributed by atoms with Gasteiger partial charge in [0.25, 0.3) is 0 Å². The molecule has 0 saturated heterocycles. The highest BCUT2D eigenvalue weighted by Gasteiger charge is 2.13. The molecule has 0 amide bonds. The second kappa shape index (κ2) is 3.99. The molecule has 18 heavy (non-hydrogen) atoms. The SMILES string of the molecule is Cc1cc(Cl)cn2c(N)c(-c3cccnc3)nc12. The van der Waals surface area contributed by atoms with E-state index in [0.717, 1.165) is 22.5 Å². The molecule has 0 aliphatic rings. The minimum atomic E-state index is 0.573. The number of nitrogens with zero attached hydrogens (tertiary/aromatic N) is 3. The zero-order valence-corrected chi connectivity index (χ0v) is 10.5. The van der Waals surface area contributed by atoms with Crippen LogP contribution in [0.4, 0.5) is 5.82 Å². The number of aryl methyl sites for hydroxylation is 1. The first kappa shape index (κ1) is 11.0. The Morgan fingerprint density at radius 3 is 2.94 bits per heavy atom. The third kappa shape index (κ3) is 1.62. The summed E-state index contributed by atoms with van der Waals surface area (Å²) in [5, 5.41) is 0.641. The van der Waals surface area contributed by atoms with Crippen LogP contribution >= 0.6 is 11.6 Å². The highest BCUT2D eigenvalue weighted by molar-refractivity contribution is 6.30. The van der Waals surface area contributed by atoms with Crippen molar-refractivity contribution in [3.63, 3.8) is 0 Å². The molecule has 0 spiro atoms. The van der Waals surface area contributed by atoms with Gasteiger partial charge in [-0.25, -0.2) is 4.98 Å². The summed E-state index contributed by atoms with van der Waals surface area (Å²) in [5.74, 6) is 0.573. The van der Waals surface area contributed by atoms with E-state index in [-0.39, 0.29) is 0 Å². The molecule has 3 aromatic rings. The highest BCUT2D eigenvalue weighted by atomic mass is 35.5. The van der Waals surface area contributed by atoms with Gasteiger partial charge in [0.05, 0.1) is 5.02 Å². The lowest BCUT2D eigenvalue weighted by Crippen LogP contribution is -1.95. The predicted octanol–water partition coefficient (Wildman–Crippen LogP) is 2.94. The second-order valence-electron chi connectivity index (χ2n) is 4.12. The van der Waals surface area contributed by atoms with E-state index < -0.39 is 0 Å². The van der Waals surface area contributed by atoms with Crippen molar-refractivity contribution in [3.05, 3.63) is 47.4 Å². The Kier molecular flexibility index (Phi) is 2.45. The Morgan fingerprint density at radius 1 is 1.39 bits per heavy atom. The normalized spacial score (nSPS) is 11.0. The van der Waals surface area contributed by atoms with Crippen molar-refractivity contribution in [2.24, 2.45) is 0 Å². The fourth-order valence-electron chi connectivity index (χ4n) is 2.00. The number of nitrogens with two attached hydrogens (primary N) is 1. The summed E-state index contributed by atoms with van der Waals surface area (Å²) in [6, 6.07) is 5.66. The lowest BCUT2D eigenvalue weighted by Gasteiger charge is -2.00. The van der Waals surface area contributed by atoms with E-state index in [9.17, 15) is 0 Å². The number of hydrogen-bond donors (Lipinski definition) is 1. The van der Waals surface area contributed by atoms with Crippen molar-refractivity contribution in [2.45, 2.75) is 6.92 Å². The molecular weight excluding hydrogens is 248 g/mol. The predicted molar refractivity (Wildman–Crippen MR) is 72.6 cm³/mol. The number of aromatic nitrogens is 3. The van der Waals surface area contributed by atoms with Crippen molar-refractivity contribution in [1.82, 2.24) is 14.4 Å². The maximum absolute atomic E-state index is 6.12. The number of nitrogen functional groups attached to an aromatic ring is 1. The van der Waals surface area contributed by atoms with E-state index in [1.54, 1.807) is 23.0 Å². The van der Waals surface area contributed by atoms with Gasteiger partial charge in [0.2, 0.25) is 0 Å². The summed E-state index contributed by atoms with van der Waals surface area (Å²) in [6.07, 6.45) is 5.23. The number of halogens is 1. The molecular formula is C13H11ClN4. The molecule has 3 heterocycles. The third-order valence-electron chi connectivity index (χ3n) is 2.84. The molecule has 2 N–H and O–H groups in total. The molecule has 0 radical (unpaired) electrons. The van der Waals surface area contributed by atoms with Crippen LogP contribution in [0.1, 0.15) is 5.56 Å². The molecule has 0 aliphatic heterocycles. The molecule has 5 heteroatoms. The summed E-state index contributed by atoms with van der Waals surface area (Å²) in [5.41, 5.74) is 9.56. The number of rotatable bonds is 1. The molecule has 0 saturated carbocycles. The van der Waals surface area contributed by atoms with E-state index in [4.69, 9.17) is 17.3 Å². The first-order valence-corrected chi connectivity index (χ1v) is 5.88. The fraction of sp³-hybridized carbons (Fsp3) is 0.0769. The Balaban J connectivity index is 2.33. The summed E-state index contributed by atoms with van der Waals surface area (Å²) in [7, 11) is 0. The van der Waals surface area contributed by atoms with Gasteiger partial charge in [-0.1, -0.05) is 11.6 Å². The number of fused-ring (bicyclic) bond motifs is 1. The van der Waals surface area contributed by atoms with E-state index in [2.05, 4.69) is 9.97 Å². The van der Waals surface area contributed by atoms with Crippen LogP contribution < -0.4 is 5.73 Å². The highest BCUT2D eigenvalue weighted by Crippen LogP contribution is 2.28. The van der Waals surface area contributed by atoms with Crippen LogP contribution in [0.15, 0.2) is 36.8 Å². The van der Waals surface area contributed by atoms with Gasteiger partial charge in [-0.3, -0.25) is 9.38 Å². The third-order valence-corrected chi connectivity index (χ3v) is 3.05. The zero-order valence-electron chi connectivity index (χ0n) is 9.76. The van der Waals surface area contributed by atoms with Gasteiger partial charge >= 0.3 is 0 Å². The summed E-state index contributed by atoms with van der Waals surface area (Å²) in [6.45, 7) is 1.96. The van der Waals surface area contributed by atoms with Crippen LogP contribution in [0.5, 0.6) is 0 Å². The lowest BCUT2D eigenvalue weighted by molar-refractivity contribution is 1.17. The molecule has 0 atom stereocenters. The minimum Gasteiger partial charge on any atom is -0.383 e. The average molecular weight is 259 g/mol. The van der Waals surface area contributed by atoms with Crippen LogP contribution in [-0.2, 0) is 0 Å². The number of hydrogen-bond acceptors (Lipinski definition) is 3. The molecule has 4 nitrogen and oxygen atoms in total. The Morgan fingerprint density at radius 2 is 2.22 bits per heavy atom. The van der Waals surface area contributed by atoms with Crippen molar-refractivity contribution in [1.29, 1.82) is 0 Å². The van der Waals surface area contributed by atoms with Crippen LogP contribution in [0.3, 0.4) is 0 Å². The van der Waals surface area contributed by atoms with E-state index >= 15 is 0 Å². The number of pyridine rings is 2. The van der Waals surface area contributed by atoms with Crippen molar-refractivity contribution < 1.29 is 0 Å². The molecule has 0 bridgehead atoms. The Labute approximate surface area is 109 Å². The molecule has 3 aromatic heterocycles. The first-order chi connectivity index (χ1) is 8.66. The standard InChI is InChI=1S/C13H11ClN4/c1-8-5-10(14)7-18-12(15)11(17-13(8)18)9-3-2-4-16-6-9/h2-7H,15H2,1H3. The molecule has 0 aromatic carbocycles. The van der Waals surface area contributed by atoms with Crippen molar-refractivity contribution >= 4 is 23.1 Å². The minimum absolute atomic E-state index is 0.573. The topological polar surface area (TPSA) is 56.2 Å². The molecule has 3 rings (SSSR count). The van der Waals surface area contributed by atoms with E-state index in [0.29, 0.717) is 10.8 Å². The largest absolute Gasteiger partial charge is 0.383 e. The molecule has 90 valence electrons. The van der Waals surface area contributed by atoms with Crippen LogP contribution in [-0.4, -0.2) is 14.4 Å². The van der Waals surface area contributed by atoms with Gasteiger partial charge in [-0.15, -0.1) is 0 Å². The summed E-state index contributed by atoms with van der Waals surface area (Å²) >= 11 is 6.03. The maximum Gasteiger partial charge on any atom is 0.142 e. The second-order valence-corrected chi connectivity index (χ2v) is 4.56. The summed E-state index contributed by atoms with van der Waals surface area (Å²) in [4.78, 5) is 8.64. The molecule has 0 unspecified atom stereocenters. The fourth-order valence-corrected chi connectivity index (χ4v) is 2.26. The van der Waals surface area contributed by atoms with Gasteiger partial charge in [0, 0.05) is 24.2 Å². The zero-order chi connectivity index (χ0) is 12.7. The van der Waals surface area contributed by atoms with Gasteiger partial charge in [-0.2, -0.15) is 0 Å². The Bertz CT molecular complexity index is 719. The van der Waals surface area contributed by atoms with Crippen LogP contribution in [0.25, 0.3) is 16.9 Å². The van der Waals surface area contributed by atoms with Gasteiger partial charge < -0.3 is 5.73 Å². The quantitative estimate of drug-likeness (QED) is 0.730. The molecule has 0 fully saturated rings. The first-order valence-electron chi connectivity index (χ1n) is 5.51. The van der Waals surface area contributed by atoms with Gasteiger partial charge in [0.15, 0.2) is 0 Å². The lowest BCUT2D eigenvalue weighted by atomic mass is 10.2. The number of imidazole rings is 1. The van der Waals surface area contributed by atoms with Crippen molar-refractivity contribution in [3.8, 4) is 11.3 Å². The average Bonchev–Trinajstić information content (AvgIpc) is 2.69. The van der Waals surface area contributed by atoms with Crippen molar-refractivity contribution in [2.75, 3.05) is 5.73 Å². The van der Waals surface area contributed by atoms with Gasteiger partial charge in [0.1, 0.15) is 17.2 Å². The van der Waals surface area contributed by atoms with Crippen LogP contribution in [0, 0.1) is 6.92 Å². The van der Waals surface area contributed by atoms with E-state index in [1.807, 2.05) is 25.1 Å². The van der Waals surface area contributed by atoms with Crippen LogP contribution in [0.2, 0.25) is 5.02 Å². The molecule has 0 aliphatic carbocycles. The van der Waals surface area contributed by atoms with E-state index in [1.165, 1.54) is 0 Å². The maximum atomic E-state index is 6.12. The smallest absolute Gasteiger partial charge is 0.142 e. The number of anilines is 1. The van der Waals surface area contributed by atoms with Gasteiger partial charge in [-0.05, 0) is 30.7 Å². The monoisotopic (exact) mass is 258 g/mol. The Hall–Kier alpha value is -2.07.